The number of carbonyl (C=O) groups is 1. The fourth-order valence-corrected chi connectivity index (χ4v) is 2.34. The SMILES string of the molecule is CN(C)CCNC(=O)C1CCN(c2ncccn2)CC1. The quantitative estimate of drug-likeness (QED) is 0.842. The number of nitrogens with zero attached hydrogens (tertiary/aromatic N) is 4. The summed E-state index contributed by atoms with van der Waals surface area (Å²) < 4.78 is 0. The van der Waals surface area contributed by atoms with Crippen molar-refractivity contribution in [2.45, 2.75) is 12.8 Å². The number of amides is 1. The highest BCUT2D eigenvalue weighted by molar-refractivity contribution is 5.78. The van der Waals surface area contributed by atoms with E-state index in [-0.39, 0.29) is 11.8 Å². The second-order valence-electron chi connectivity index (χ2n) is 5.40. The van der Waals surface area contributed by atoms with Gasteiger partial charge in [0.25, 0.3) is 0 Å². The van der Waals surface area contributed by atoms with Crippen LogP contribution in [0.5, 0.6) is 0 Å². The monoisotopic (exact) mass is 277 g/mol. The zero-order valence-corrected chi connectivity index (χ0v) is 12.2. The van der Waals surface area contributed by atoms with E-state index in [4.69, 9.17) is 0 Å². The van der Waals surface area contributed by atoms with Gasteiger partial charge in [-0.2, -0.15) is 0 Å². The van der Waals surface area contributed by atoms with Crippen molar-refractivity contribution in [1.29, 1.82) is 0 Å². The summed E-state index contributed by atoms with van der Waals surface area (Å²) in [6.07, 6.45) is 5.24. The van der Waals surface area contributed by atoms with Gasteiger partial charge in [-0.3, -0.25) is 4.79 Å². The van der Waals surface area contributed by atoms with E-state index in [0.29, 0.717) is 6.54 Å². The first-order valence-corrected chi connectivity index (χ1v) is 7.11. The molecule has 1 saturated heterocycles. The molecule has 1 aromatic heterocycles. The molecule has 1 N–H and O–H groups in total. The van der Waals surface area contributed by atoms with Crippen LogP contribution < -0.4 is 10.2 Å². The molecular weight excluding hydrogens is 254 g/mol. The van der Waals surface area contributed by atoms with Gasteiger partial charge >= 0.3 is 0 Å². The predicted octanol–water partition coefficient (Wildman–Crippen LogP) is 0.371. The average Bonchev–Trinajstić information content (AvgIpc) is 2.48. The van der Waals surface area contributed by atoms with E-state index in [1.807, 2.05) is 20.2 Å². The maximum absolute atomic E-state index is 12.0. The Hall–Kier alpha value is -1.69. The molecule has 110 valence electrons. The summed E-state index contributed by atoms with van der Waals surface area (Å²) in [6, 6.07) is 1.81. The number of anilines is 1. The van der Waals surface area contributed by atoms with Gasteiger partial charge in [0.1, 0.15) is 0 Å². The molecule has 6 heteroatoms. The van der Waals surface area contributed by atoms with Crippen LogP contribution in [0, 0.1) is 5.92 Å². The van der Waals surface area contributed by atoms with Gasteiger partial charge in [0.2, 0.25) is 11.9 Å². The summed E-state index contributed by atoms with van der Waals surface area (Å²) in [5.74, 6) is 1.07. The number of rotatable bonds is 5. The molecule has 0 aromatic carbocycles. The molecular formula is C14H23N5O. The third kappa shape index (κ3) is 4.16. The summed E-state index contributed by atoms with van der Waals surface area (Å²) >= 11 is 0. The van der Waals surface area contributed by atoms with Crippen molar-refractivity contribution in [3.63, 3.8) is 0 Å². The van der Waals surface area contributed by atoms with Crippen LogP contribution in [0.15, 0.2) is 18.5 Å². The van der Waals surface area contributed by atoms with Crippen LogP contribution in [-0.4, -0.2) is 61.0 Å². The number of nitrogens with one attached hydrogen (secondary N) is 1. The van der Waals surface area contributed by atoms with Gasteiger partial charge in [-0.15, -0.1) is 0 Å². The molecule has 0 saturated carbocycles. The lowest BCUT2D eigenvalue weighted by Gasteiger charge is -2.31. The minimum atomic E-state index is 0.122. The smallest absolute Gasteiger partial charge is 0.225 e. The number of carbonyl (C=O) groups excluding carboxylic acids is 1. The minimum Gasteiger partial charge on any atom is -0.355 e. The van der Waals surface area contributed by atoms with Crippen LogP contribution in [-0.2, 0) is 4.79 Å². The minimum absolute atomic E-state index is 0.122. The van der Waals surface area contributed by atoms with E-state index in [1.165, 1.54) is 0 Å². The Morgan fingerprint density at radius 3 is 2.60 bits per heavy atom. The lowest BCUT2D eigenvalue weighted by Crippen LogP contribution is -2.42. The summed E-state index contributed by atoms with van der Waals surface area (Å²) in [6.45, 7) is 3.28. The third-order valence-corrected chi connectivity index (χ3v) is 3.56. The fraction of sp³-hybridized carbons (Fsp3) is 0.643. The fourth-order valence-electron chi connectivity index (χ4n) is 2.34. The molecule has 2 heterocycles. The zero-order valence-electron chi connectivity index (χ0n) is 12.2. The van der Waals surface area contributed by atoms with E-state index >= 15 is 0 Å². The van der Waals surface area contributed by atoms with Gasteiger partial charge < -0.3 is 15.1 Å². The van der Waals surface area contributed by atoms with E-state index < -0.39 is 0 Å². The lowest BCUT2D eigenvalue weighted by atomic mass is 9.96. The van der Waals surface area contributed by atoms with Crippen LogP contribution in [0.2, 0.25) is 0 Å². The van der Waals surface area contributed by atoms with Gasteiger partial charge in [0, 0.05) is 44.5 Å². The Morgan fingerprint density at radius 2 is 2.00 bits per heavy atom. The molecule has 1 aliphatic heterocycles. The summed E-state index contributed by atoms with van der Waals surface area (Å²) in [4.78, 5) is 24.8. The number of likely N-dealkylation sites (N-methyl/N-ethyl adjacent to an activating group) is 1. The molecule has 1 aromatic rings. The van der Waals surface area contributed by atoms with E-state index in [1.54, 1.807) is 12.4 Å². The molecule has 6 nitrogen and oxygen atoms in total. The normalized spacial score (nSPS) is 16.4. The first-order chi connectivity index (χ1) is 9.66. The maximum Gasteiger partial charge on any atom is 0.225 e. The van der Waals surface area contributed by atoms with E-state index in [2.05, 4.69) is 25.1 Å². The van der Waals surface area contributed by atoms with Crippen molar-refractivity contribution >= 4 is 11.9 Å². The molecule has 0 unspecified atom stereocenters. The van der Waals surface area contributed by atoms with Crippen LogP contribution in [0.3, 0.4) is 0 Å². The van der Waals surface area contributed by atoms with Gasteiger partial charge in [-0.1, -0.05) is 0 Å². The number of aromatic nitrogens is 2. The number of hydrogen-bond donors (Lipinski definition) is 1. The Bertz CT molecular complexity index is 415. The van der Waals surface area contributed by atoms with Crippen molar-refractivity contribution in [2.24, 2.45) is 5.92 Å². The number of hydrogen-bond acceptors (Lipinski definition) is 5. The highest BCUT2D eigenvalue weighted by Gasteiger charge is 2.25. The first-order valence-electron chi connectivity index (χ1n) is 7.11. The van der Waals surface area contributed by atoms with Crippen molar-refractivity contribution in [2.75, 3.05) is 45.2 Å². The van der Waals surface area contributed by atoms with Crippen molar-refractivity contribution in [3.05, 3.63) is 18.5 Å². The highest BCUT2D eigenvalue weighted by atomic mass is 16.1. The van der Waals surface area contributed by atoms with Gasteiger partial charge in [0.05, 0.1) is 0 Å². The Morgan fingerprint density at radius 1 is 1.35 bits per heavy atom. The lowest BCUT2D eigenvalue weighted by molar-refractivity contribution is -0.125. The molecule has 0 radical (unpaired) electrons. The zero-order chi connectivity index (χ0) is 14.4. The summed E-state index contributed by atoms with van der Waals surface area (Å²) in [5.41, 5.74) is 0. The Kier molecular flexibility index (Phi) is 5.29. The average molecular weight is 277 g/mol. The standard InChI is InChI=1S/C14H23N5O/c1-18(2)11-8-15-13(20)12-4-9-19(10-5-12)14-16-6-3-7-17-14/h3,6-7,12H,4-5,8-11H2,1-2H3,(H,15,20). The van der Waals surface area contributed by atoms with Crippen molar-refractivity contribution in [1.82, 2.24) is 20.2 Å². The molecule has 0 bridgehead atoms. The summed E-state index contributed by atoms with van der Waals surface area (Å²) in [7, 11) is 4.01. The van der Waals surface area contributed by atoms with Gasteiger partial charge in [-0.25, -0.2) is 9.97 Å². The molecule has 1 amide bonds. The molecule has 1 fully saturated rings. The van der Waals surface area contributed by atoms with Gasteiger partial charge in [0.15, 0.2) is 0 Å². The largest absolute Gasteiger partial charge is 0.355 e. The molecule has 0 aliphatic carbocycles. The van der Waals surface area contributed by atoms with Crippen molar-refractivity contribution in [3.8, 4) is 0 Å². The van der Waals surface area contributed by atoms with E-state index in [9.17, 15) is 4.79 Å². The molecule has 0 atom stereocenters. The van der Waals surface area contributed by atoms with Crippen LogP contribution in [0.25, 0.3) is 0 Å². The highest BCUT2D eigenvalue weighted by Crippen LogP contribution is 2.20. The predicted molar refractivity (Wildman–Crippen MR) is 78.5 cm³/mol. The molecule has 2 rings (SSSR count). The van der Waals surface area contributed by atoms with Crippen LogP contribution >= 0.6 is 0 Å². The second kappa shape index (κ2) is 7.19. The van der Waals surface area contributed by atoms with Gasteiger partial charge in [-0.05, 0) is 33.0 Å². The maximum atomic E-state index is 12.0. The number of piperidine rings is 1. The van der Waals surface area contributed by atoms with Crippen LogP contribution in [0.1, 0.15) is 12.8 Å². The Balaban J connectivity index is 1.75. The third-order valence-electron chi connectivity index (χ3n) is 3.56. The topological polar surface area (TPSA) is 61.4 Å². The first kappa shape index (κ1) is 14.7. The second-order valence-corrected chi connectivity index (χ2v) is 5.40. The Labute approximate surface area is 120 Å². The molecule has 20 heavy (non-hydrogen) atoms. The van der Waals surface area contributed by atoms with Crippen LogP contribution in [0.4, 0.5) is 5.95 Å². The summed E-state index contributed by atoms with van der Waals surface area (Å²) in [5, 5.41) is 3.01. The van der Waals surface area contributed by atoms with Crippen molar-refractivity contribution < 1.29 is 4.79 Å². The molecule has 0 spiro atoms. The van der Waals surface area contributed by atoms with E-state index in [0.717, 1.165) is 38.4 Å². The molecule has 1 aliphatic rings.